The fourth-order valence-corrected chi connectivity index (χ4v) is 3.25. The Morgan fingerprint density at radius 2 is 2.44 bits per heavy atom. The Morgan fingerprint density at radius 3 is 2.94 bits per heavy atom. The first-order valence-electron chi connectivity index (χ1n) is 6.45. The number of aryl methyl sites for hydroxylation is 2. The van der Waals surface area contributed by atoms with Crippen molar-refractivity contribution in [3.8, 4) is 0 Å². The molecular formula is C12H21BrN4O. The highest BCUT2D eigenvalue weighted by molar-refractivity contribution is 9.10. The average molecular weight is 317 g/mol. The molecule has 2 atom stereocenters. The third-order valence-corrected chi connectivity index (χ3v) is 4.46. The molecule has 0 amide bonds. The third-order valence-electron chi connectivity index (χ3n) is 3.54. The molecule has 0 saturated carbocycles. The van der Waals surface area contributed by atoms with E-state index in [1.54, 1.807) is 0 Å². The summed E-state index contributed by atoms with van der Waals surface area (Å²) in [6.45, 7) is 2.95. The Hall–Kier alpha value is -0.430. The summed E-state index contributed by atoms with van der Waals surface area (Å²) in [5.74, 6) is 5.66. The Morgan fingerprint density at radius 1 is 1.67 bits per heavy atom. The van der Waals surface area contributed by atoms with Crippen LogP contribution in [0.3, 0.4) is 0 Å². The number of rotatable bonds is 5. The molecule has 0 aliphatic carbocycles. The van der Waals surface area contributed by atoms with Gasteiger partial charge in [0.1, 0.15) is 0 Å². The highest BCUT2D eigenvalue weighted by atomic mass is 79.9. The van der Waals surface area contributed by atoms with Crippen molar-refractivity contribution in [3.05, 3.63) is 15.9 Å². The van der Waals surface area contributed by atoms with E-state index >= 15 is 0 Å². The quantitative estimate of drug-likeness (QED) is 0.635. The van der Waals surface area contributed by atoms with Crippen molar-refractivity contribution in [3.63, 3.8) is 0 Å². The summed E-state index contributed by atoms with van der Waals surface area (Å²) in [7, 11) is 1.97. The van der Waals surface area contributed by atoms with Gasteiger partial charge >= 0.3 is 0 Å². The van der Waals surface area contributed by atoms with Crippen LogP contribution < -0.4 is 11.3 Å². The molecule has 0 aromatic carbocycles. The van der Waals surface area contributed by atoms with Crippen LogP contribution in [0.25, 0.3) is 0 Å². The van der Waals surface area contributed by atoms with E-state index in [1.807, 2.05) is 11.7 Å². The van der Waals surface area contributed by atoms with Gasteiger partial charge in [0.2, 0.25) is 0 Å². The topological polar surface area (TPSA) is 65.1 Å². The number of aromatic nitrogens is 2. The first kappa shape index (κ1) is 14.0. The molecule has 3 N–H and O–H groups in total. The molecule has 102 valence electrons. The lowest BCUT2D eigenvalue weighted by atomic mass is 10.0. The largest absolute Gasteiger partial charge is 0.377 e. The lowest BCUT2D eigenvalue weighted by Crippen LogP contribution is -2.45. The van der Waals surface area contributed by atoms with Gasteiger partial charge in [-0.1, -0.05) is 6.92 Å². The average Bonchev–Trinajstić information content (AvgIpc) is 2.97. The molecule has 1 aromatic heterocycles. The summed E-state index contributed by atoms with van der Waals surface area (Å²) < 4.78 is 8.74. The van der Waals surface area contributed by atoms with Crippen LogP contribution in [0.1, 0.15) is 31.2 Å². The first-order chi connectivity index (χ1) is 8.67. The highest BCUT2D eigenvalue weighted by Gasteiger charge is 2.27. The molecule has 2 unspecified atom stereocenters. The van der Waals surface area contributed by atoms with Crippen molar-refractivity contribution < 1.29 is 4.74 Å². The van der Waals surface area contributed by atoms with Gasteiger partial charge in [-0.2, -0.15) is 5.10 Å². The number of hydrogen-bond acceptors (Lipinski definition) is 4. The molecule has 2 rings (SSSR count). The molecule has 1 aliphatic rings. The van der Waals surface area contributed by atoms with Crippen LogP contribution in [0, 0.1) is 0 Å². The summed E-state index contributed by atoms with van der Waals surface area (Å²) in [6.07, 6.45) is 4.16. The fraction of sp³-hybridized carbons (Fsp3) is 0.750. The van der Waals surface area contributed by atoms with Gasteiger partial charge in [0.15, 0.2) is 0 Å². The zero-order valence-electron chi connectivity index (χ0n) is 10.9. The number of halogens is 1. The molecule has 18 heavy (non-hydrogen) atoms. The molecule has 5 nitrogen and oxygen atoms in total. The molecule has 1 aromatic rings. The van der Waals surface area contributed by atoms with Gasteiger partial charge in [0, 0.05) is 20.1 Å². The molecule has 1 fully saturated rings. The molecule has 1 saturated heterocycles. The van der Waals surface area contributed by atoms with Crippen molar-refractivity contribution in [1.29, 1.82) is 0 Å². The molecule has 6 heteroatoms. The summed E-state index contributed by atoms with van der Waals surface area (Å²) in [5.41, 5.74) is 5.15. The van der Waals surface area contributed by atoms with Crippen molar-refractivity contribution in [1.82, 2.24) is 15.2 Å². The summed E-state index contributed by atoms with van der Waals surface area (Å²) in [5, 5.41) is 4.50. The van der Waals surface area contributed by atoms with Crippen LogP contribution in [-0.4, -0.2) is 28.5 Å². The molecule has 1 aliphatic heterocycles. The molecule has 2 heterocycles. The second-order valence-electron chi connectivity index (χ2n) is 4.71. The van der Waals surface area contributed by atoms with E-state index in [1.165, 1.54) is 5.69 Å². The lowest BCUT2D eigenvalue weighted by molar-refractivity contribution is 0.0778. The lowest BCUT2D eigenvalue weighted by Gasteiger charge is -2.22. The van der Waals surface area contributed by atoms with E-state index in [0.29, 0.717) is 0 Å². The van der Waals surface area contributed by atoms with E-state index in [2.05, 4.69) is 33.4 Å². The maximum atomic E-state index is 5.70. The second kappa shape index (κ2) is 6.14. The SMILES string of the molecule is CCc1nn(C)c(CC(NN)C2CCCO2)c1Br. The number of nitrogens with two attached hydrogens (primary N) is 1. The van der Waals surface area contributed by atoms with E-state index in [9.17, 15) is 0 Å². The molecule has 0 radical (unpaired) electrons. The third kappa shape index (κ3) is 2.77. The van der Waals surface area contributed by atoms with Gasteiger partial charge in [-0.3, -0.25) is 16.0 Å². The molecular weight excluding hydrogens is 296 g/mol. The Labute approximate surface area is 116 Å². The van der Waals surface area contributed by atoms with Crippen LogP contribution >= 0.6 is 15.9 Å². The zero-order chi connectivity index (χ0) is 13.1. The van der Waals surface area contributed by atoms with Crippen molar-refractivity contribution in [2.75, 3.05) is 6.61 Å². The Bertz CT molecular complexity index is 401. The monoisotopic (exact) mass is 316 g/mol. The van der Waals surface area contributed by atoms with Crippen LogP contribution in [0.4, 0.5) is 0 Å². The number of nitrogens with zero attached hydrogens (tertiary/aromatic N) is 2. The standard InChI is InChI=1S/C12H21BrN4O/c1-3-8-12(13)10(17(2)16-8)7-9(15-14)11-5-4-6-18-11/h9,11,15H,3-7,14H2,1-2H3. The zero-order valence-corrected chi connectivity index (χ0v) is 12.5. The predicted molar refractivity (Wildman–Crippen MR) is 74.1 cm³/mol. The van der Waals surface area contributed by atoms with Gasteiger partial charge in [-0.25, -0.2) is 0 Å². The first-order valence-corrected chi connectivity index (χ1v) is 7.24. The summed E-state index contributed by atoms with van der Waals surface area (Å²) >= 11 is 3.64. The van der Waals surface area contributed by atoms with Crippen LogP contribution in [0.5, 0.6) is 0 Å². The van der Waals surface area contributed by atoms with Crippen LogP contribution in [0.15, 0.2) is 4.47 Å². The van der Waals surface area contributed by atoms with E-state index in [-0.39, 0.29) is 12.1 Å². The number of hydrazine groups is 1. The van der Waals surface area contributed by atoms with Crippen molar-refractivity contribution >= 4 is 15.9 Å². The minimum atomic E-state index is 0.143. The van der Waals surface area contributed by atoms with Crippen LogP contribution in [0.2, 0.25) is 0 Å². The Balaban J connectivity index is 2.13. The van der Waals surface area contributed by atoms with Crippen LogP contribution in [-0.2, 0) is 24.6 Å². The van der Waals surface area contributed by atoms with Gasteiger partial charge in [-0.05, 0) is 35.2 Å². The van der Waals surface area contributed by atoms with Gasteiger partial charge in [0.05, 0.1) is 28.0 Å². The van der Waals surface area contributed by atoms with Crippen molar-refractivity contribution in [2.45, 2.75) is 44.8 Å². The van der Waals surface area contributed by atoms with E-state index in [0.717, 1.165) is 42.5 Å². The summed E-state index contributed by atoms with van der Waals surface area (Å²) in [6, 6.07) is 0.143. The normalized spacial score (nSPS) is 21.4. The fourth-order valence-electron chi connectivity index (χ4n) is 2.47. The molecule has 0 spiro atoms. The maximum absolute atomic E-state index is 5.70. The number of ether oxygens (including phenoxy) is 1. The highest BCUT2D eigenvalue weighted by Crippen LogP contribution is 2.25. The summed E-state index contributed by atoms with van der Waals surface area (Å²) in [4.78, 5) is 0. The minimum absolute atomic E-state index is 0.143. The van der Waals surface area contributed by atoms with E-state index < -0.39 is 0 Å². The van der Waals surface area contributed by atoms with Gasteiger partial charge < -0.3 is 4.74 Å². The van der Waals surface area contributed by atoms with Gasteiger partial charge in [0.25, 0.3) is 0 Å². The van der Waals surface area contributed by atoms with E-state index in [4.69, 9.17) is 10.6 Å². The number of nitrogens with one attached hydrogen (secondary N) is 1. The van der Waals surface area contributed by atoms with Crippen molar-refractivity contribution in [2.24, 2.45) is 12.9 Å². The Kier molecular flexibility index (Phi) is 4.77. The second-order valence-corrected chi connectivity index (χ2v) is 5.51. The number of hydrogen-bond donors (Lipinski definition) is 2. The smallest absolute Gasteiger partial charge is 0.0766 e. The van der Waals surface area contributed by atoms with Gasteiger partial charge in [-0.15, -0.1) is 0 Å². The maximum Gasteiger partial charge on any atom is 0.0766 e. The molecule has 0 bridgehead atoms. The predicted octanol–water partition coefficient (Wildman–Crippen LogP) is 1.30. The minimum Gasteiger partial charge on any atom is -0.377 e.